The van der Waals surface area contributed by atoms with E-state index in [1.807, 2.05) is 6.92 Å². The zero-order chi connectivity index (χ0) is 13.3. The number of H-pyrrole nitrogens is 2. The maximum absolute atomic E-state index is 11.6. The molecule has 2 aromatic rings. The molecule has 94 valence electrons. The first kappa shape index (κ1) is 12.8. The summed E-state index contributed by atoms with van der Waals surface area (Å²) < 4.78 is 0.380. The highest BCUT2D eigenvalue weighted by molar-refractivity contribution is 7.71. The first-order valence-electron chi connectivity index (χ1n) is 5.85. The van der Waals surface area contributed by atoms with Gasteiger partial charge in [-0.2, -0.15) is 0 Å². The molecule has 0 aliphatic carbocycles. The lowest BCUT2D eigenvalue weighted by Gasteiger charge is -2.07. The summed E-state index contributed by atoms with van der Waals surface area (Å²) in [4.78, 5) is 17.3. The van der Waals surface area contributed by atoms with Crippen molar-refractivity contribution in [1.82, 2.24) is 9.97 Å². The van der Waals surface area contributed by atoms with Gasteiger partial charge in [0.25, 0.3) is 5.56 Å². The van der Waals surface area contributed by atoms with E-state index in [-0.39, 0.29) is 5.56 Å². The van der Waals surface area contributed by atoms with Crippen LogP contribution in [0.4, 0.5) is 0 Å². The summed E-state index contributed by atoms with van der Waals surface area (Å²) in [5.41, 5.74) is 5.11. The fourth-order valence-corrected chi connectivity index (χ4v) is 2.36. The van der Waals surface area contributed by atoms with E-state index in [4.69, 9.17) is 12.2 Å². The number of benzene rings is 1. The minimum absolute atomic E-state index is 0.113. The molecule has 0 saturated heterocycles. The van der Waals surface area contributed by atoms with Gasteiger partial charge in [0.2, 0.25) is 0 Å². The molecule has 0 spiro atoms. The van der Waals surface area contributed by atoms with Gasteiger partial charge in [0, 0.05) is 17.7 Å². The van der Waals surface area contributed by atoms with E-state index >= 15 is 0 Å². The van der Waals surface area contributed by atoms with Crippen molar-refractivity contribution in [1.29, 1.82) is 0 Å². The molecule has 0 unspecified atom stereocenters. The van der Waals surface area contributed by atoms with Gasteiger partial charge in [0.1, 0.15) is 0 Å². The average Bonchev–Trinajstić information content (AvgIpc) is 2.23. The van der Waals surface area contributed by atoms with Crippen molar-refractivity contribution in [3.05, 3.63) is 61.3 Å². The lowest BCUT2D eigenvalue weighted by Crippen LogP contribution is -2.15. The maximum atomic E-state index is 11.6. The largest absolute Gasteiger partial charge is 0.335 e. The standard InChI is InChI=1S/C14H16N2OS/c1-8-4-9(2)6-11(5-8)7-12-10(3)13(17)16-14(18)15-12/h4-6H,7H2,1-3H3,(H2,15,16,17,18). The molecule has 1 aromatic carbocycles. The summed E-state index contributed by atoms with van der Waals surface area (Å²) >= 11 is 5.00. The van der Waals surface area contributed by atoms with E-state index in [0.29, 0.717) is 16.8 Å². The molecular weight excluding hydrogens is 244 g/mol. The summed E-state index contributed by atoms with van der Waals surface area (Å²) in [5.74, 6) is 0. The second-order valence-corrected chi connectivity index (χ2v) is 5.09. The molecule has 18 heavy (non-hydrogen) atoms. The molecule has 0 fully saturated rings. The molecule has 0 radical (unpaired) electrons. The zero-order valence-corrected chi connectivity index (χ0v) is 11.6. The maximum Gasteiger partial charge on any atom is 0.254 e. The van der Waals surface area contributed by atoms with Crippen LogP contribution < -0.4 is 5.56 Å². The average molecular weight is 260 g/mol. The van der Waals surface area contributed by atoms with Gasteiger partial charge in [0.05, 0.1) is 0 Å². The minimum Gasteiger partial charge on any atom is -0.335 e. The van der Waals surface area contributed by atoms with Crippen LogP contribution in [0.5, 0.6) is 0 Å². The Morgan fingerprint density at radius 2 is 1.67 bits per heavy atom. The van der Waals surface area contributed by atoms with Crippen LogP contribution in [-0.2, 0) is 6.42 Å². The topological polar surface area (TPSA) is 48.6 Å². The van der Waals surface area contributed by atoms with Crippen LogP contribution in [0.1, 0.15) is 27.9 Å². The van der Waals surface area contributed by atoms with Gasteiger partial charge < -0.3 is 4.98 Å². The summed E-state index contributed by atoms with van der Waals surface area (Å²) in [5, 5.41) is 0. The predicted octanol–water partition coefficient (Wildman–Crippen LogP) is 2.95. The predicted molar refractivity (Wildman–Crippen MR) is 75.7 cm³/mol. The third kappa shape index (κ3) is 2.76. The first-order valence-corrected chi connectivity index (χ1v) is 6.26. The fourth-order valence-electron chi connectivity index (χ4n) is 2.15. The number of hydrogen-bond acceptors (Lipinski definition) is 2. The van der Waals surface area contributed by atoms with Crippen molar-refractivity contribution in [2.24, 2.45) is 0 Å². The normalized spacial score (nSPS) is 10.6. The zero-order valence-electron chi connectivity index (χ0n) is 10.8. The fraction of sp³-hybridized carbons (Fsp3) is 0.286. The quantitative estimate of drug-likeness (QED) is 0.816. The molecular formula is C14H16N2OS. The molecule has 0 bridgehead atoms. The van der Waals surface area contributed by atoms with Crippen LogP contribution in [0.15, 0.2) is 23.0 Å². The number of aromatic amines is 2. The van der Waals surface area contributed by atoms with Crippen molar-refractivity contribution >= 4 is 12.2 Å². The summed E-state index contributed by atoms with van der Waals surface area (Å²) in [7, 11) is 0. The minimum atomic E-state index is -0.113. The first-order chi connectivity index (χ1) is 8.45. The van der Waals surface area contributed by atoms with Crippen LogP contribution in [0.2, 0.25) is 0 Å². The number of hydrogen-bond donors (Lipinski definition) is 2. The van der Waals surface area contributed by atoms with E-state index in [2.05, 4.69) is 42.0 Å². The highest BCUT2D eigenvalue weighted by atomic mass is 32.1. The Hall–Kier alpha value is -1.68. The molecule has 2 rings (SSSR count). The summed E-state index contributed by atoms with van der Waals surface area (Å²) in [6, 6.07) is 6.39. The van der Waals surface area contributed by atoms with Crippen molar-refractivity contribution < 1.29 is 0 Å². The molecule has 0 aliphatic rings. The van der Waals surface area contributed by atoms with Crippen molar-refractivity contribution in [3.8, 4) is 0 Å². The van der Waals surface area contributed by atoms with E-state index in [0.717, 1.165) is 5.69 Å². The monoisotopic (exact) mass is 260 g/mol. The third-order valence-electron chi connectivity index (χ3n) is 2.95. The highest BCUT2D eigenvalue weighted by Gasteiger charge is 2.05. The van der Waals surface area contributed by atoms with Crippen LogP contribution in [-0.4, -0.2) is 9.97 Å². The molecule has 1 heterocycles. The van der Waals surface area contributed by atoms with Crippen LogP contribution in [0, 0.1) is 25.5 Å². The molecule has 1 aromatic heterocycles. The SMILES string of the molecule is Cc1cc(C)cc(Cc2[nH]c(=S)[nH]c(=O)c2C)c1. The van der Waals surface area contributed by atoms with Gasteiger partial charge in [-0.3, -0.25) is 9.78 Å². The second kappa shape index (κ2) is 4.90. The van der Waals surface area contributed by atoms with Gasteiger partial charge in [-0.25, -0.2) is 0 Å². The molecule has 4 heteroatoms. The van der Waals surface area contributed by atoms with Crippen molar-refractivity contribution in [2.75, 3.05) is 0 Å². The van der Waals surface area contributed by atoms with Crippen LogP contribution in [0.3, 0.4) is 0 Å². The molecule has 0 aliphatic heterocycles. The van der Waals surface area contributed by atoms with Crippen molar-refractivity contribution in [2.45, 2.75) is 27.2 Å². The van der Waals surface area contributed by atoms with Gasteiger partial charge in [-0.05, 0) is 38.6 Å². The third-order valence-corrected chi connectivity index (χ3v) is 3.15. The van der Waals surface area contributed by atoms with E-state index in [1.54, 1.807) is 0 Å². The Morgan fingerprint density at radius 1 is 1.06 bits per heavy atom. The highest BCUT2D eigenvalue weighted by Crippen LogP contribution is 2.13. The van der Waals surface area contributed by atoms with E-state index in [9.17, 15) is 4.79 Å². The lowest BCUT2D eigenvalue weighted by molar-refractivity contribution is 0.951. The molecule has 2 N–H and O–H groups in total. The Kier molecular flexibility index (Phi) is 3.48. The Morgan fingerprint density at radius 3 is 2.28 bits per heavy atom. The van der Waals surface area contributed by atoms with Gasteiger partial charge >= 0.3 is 0 Å². The Labute approximate surface area is 111 Å². The van der Waals surface area contributed by atoms with Gasteiger partial charge in [-0.15, -0.1) is 0 Å². The molecule has 0 amide bonds. The summed E-state index contributed by atoms with van der Waals surface area (Å²) in [6.07, 6.45) is 0.696. The Balaban J connectivity index is 2.46. The van der Waals surface area contributed by atoms with Crippen LogP contribution in [0.25, 0.3) is 0 Å². The van der Waals surface area contributed by atoms with Gasteiger partial charge in [0.15, 0.2) is 4.77 Å². The molecule has 3 nitrogen and oxygen atoms in total. The van der Waals surface area contributed by atoms with E-state index < -0.39 is 0 Å². The number of aromatic nitrogens is 2. The van der Waals surface area contributed by atoms with Crippen molar-refractivity contribution in [3.63, 3.8) is 0 Å². The smallest absolute Gasteiger partial charge is 0.254 e. The lowest BCUT2D eigenvalue weighted by atomic mass is 10.0. The number of nitrogens with one attached hydrogen (secondary N) is 2. The number of rotatable bonds is 2. The molecule has 0 saturated carbocycles. The van der Waals surface area contributed by atoms with Gasteiger partial charge in [-0.1, -0.05) is 29.3 Å². The van der Waals surface area contributed by atoms with E-state index in [1.165, 1.54) is 16.7 Å². The Bertz CT molecular complexity index is 677. The molecule has 0 atom stereocenters. The van der Waals surface area contributed by atoms with Crippen LogP contribution >= 0.6 is 12.2 Å². The number of aryl methyl sites for hydroxylation is 2. The summed E-state index contributed by atoms with van der Waals surface area (Å²) in [6.45, 7) is 5.95. The second-order valence-electron chi connectivity index (χ2n) is 4.68.